The molecule has 2 aliphatic heterocycles. The lowest BCUT2D eigenvalue weighted by Crippen LogP contribution is -3.16. The van der Waals surface area contributed by atoms with E-state index >= 15 is 0 Å². The highest BCUT2D eigenvalue weighted by molar-refractivity contribution is 7.18. The van der Waals surface area contributed by atoms with Gasteiger partial charge in [0, 0.05) is 31.6 Å². The van der Waals surface area contributed by atoms with Gasteiger partial charge in [-0.05, 0) is 37.8 Å². The summed E-state index contributed by atoms with van der Waals surface area (Å²) in [6, 6.07) is 13.2. The molecule has 0 spiro atoms. The number of benzene rings is 1. The molecule has 5 nitrogen and oxygen atoms in total. The van der Waals surface area contributed by atoms with Crippen molar-refractivity contribution in [3.05, 3.63) is 41.3 Å². The third-order valence-corrected chi connectivity index (χ3v) is 7.56. The van der Waals surface area contributed by atoms with Gasteiger partial charge in [0.25, 0.3) is 5.91 Å². The van der Waals surface area contributed by atoms with Gasteiger partial charge in [0.2, 0.25) is 0 Å². The molecule has 1 unspecified atom stereocenters. The van der Waals surface area contributed by atoms with Gasteiger partial charge in [0.15, 0.2) is 0 Å². The molecule has 2 fully saturated rings. The summed E-state index contributed by atoms with van der Waals surface area (Å²) in [5, 5.41) is 4.34. The van der Waals surface area contributed by atoms with E-state index in [0.29, 0.717) is 0 Å². The normalized spacial score (nSPS) is 22.1. The lowest BCUT2D eigenvalue weighted by atomic mass is 10.0. The van der Waals surface area contributed by atoms with Crippen molar-refractivity contribution in [2.75, 3.05) is 50.8 Å². The fourth-order valence-electron chi connectivity index (χ4n) is 4.55. The van der Waals surface area contributed by atoms with Crippen molar-refractivity contribution in [3.8, 4) is 11.1 Å². The maximum Gasteiger partial charge on any atom is 0.261 e. The van der Waals surface area contributed by atoms with Crippen LogP contribution < -0.4 is 15.1 Å². The van der Waals surface area contributed by atoms with Crippen LogP contribution in [0.15, 0.2) is 36.4 Å². The average Bonchev–Trinajstić information content (AvgIpc) is 3.25. The van der Waals surface area contributed by atoms with Crippen LogP contribution in [0, 0.1) is 0 Å². The second-order valence-electron chi connectivity index (χ2n) is 8.46. The van der Waals surface area contributed by atoms with Crippen LogP contribution in [0.5, 0.6) is 0 Å². The summed E-state index contributed by atoms with van der Waals surface area (Å²) in [5.74, 6) is 0.0541. The maximum atomic E-state index is 12.9. The van der Waals surface area contributed by atoms with Crippen molar-refractivity contribution >= 4 is 22.2 Å². The minimum Gasteiger partial charge on any atom is -0.378 e. The summed E-state index contributed by atoms with van der Waals surface area (Å²) in [6.07, 6.45) is 5.09. The predicted octanol–water partition coefficient (Wildman–Crippen LogP) is 2.83. The Hall–Kier alpha value is -1.89. The second kappa shape index (κ2) is 10.4. The van der Waals surface area contributed by atoms with Gasteiger partial charge in [-0.2, -0.15) is 0 Å². The highest BCUT2D eigenvalue weighted by atomic mass is 32.1. The smallest absolute Gasteiger partial charge is 0.261 e. The predicted molar refractivity (Wildman–Crippen MR) is 124 cm³/mol. The van der Waals surface area contributed by atoms with Crippen LogP contribution in [0.4, 0.5) is 5.00 Å². The molecule has 0 bridgehead atoms. The molecule has 0 aliphatic carbocycles. The van der Waals surface area contributed by atoms with Crippen molar-refractivity contribution < 1.29 is 14.4 Å². The molecule has 2 atom stereocenters. The second-order valence-corrected chi connectivity index (χ2v) is 9.49. The Kier molecular flexibility index (Phi) is 7.42. The van der Waals surface area contributed by atoms with Crippen molar-refractivity contribution in [2.24, 2.45) is 0 Å². The van der Waals surface area contributed by atoms with E-state index in [0.717, 1.165) is 67.9 Å². The zero-order chi connectivity index (χ0) is 20.8. The Labute approximate surface area is 184 Å². The molecule has 0 radical (unpaired) electrons. The van der Waals surface area contributed by atoms with E-state index in [2.05, 4.69) is 47.5 Å². The van der Waals surface area contributed by atoms with Crippen LogP contribution >= 0.6 is 11.3 Å². The summed E-state index contributed by atoms with van der Waals surface area (Å²) in [7, 11) is 0. The number of anilines is 1. The van der Waals surface area contributed by atoms with Crippen LogP contribution in [0.25, 0.3) is 11.1 Å². The highest BCUT2D eigenvalue weighted by Crippen LogP contribution is 2.39. The molecular weight excluding hydrogens is 394 g/mol. The molecule has 162 valence electrons. The summed E-state index contributed by atoms with van der Waals surface area (Å²) in [5.41, 5.74) is 2.32. The maximum absolute atomic E-state index is 12.9. The van der Waals surface area contributed by atoms with Crippen LogP contribution in [0.2, 0.25) is 0 Å². The minimum absolute atomic E-state index is 0.0541. The van der Waals surface area contributed by atoms with Gasteiger partial charge in [-0.1, -0.05) is 30.3 Å². The number of ether oxygens (including phenoxy) is 1. The summed E-state index contributed by atoms with van der Waals surface area (Å²) in [4.78, 5) is 17.7. The molecule has 1 aromatic heterocycles. The van der Waals surface area contributed by atoms with E-state index in [4.69, 9.17) is 4.74 Å². The van der Waals surface area contributed by atoms with Gasteiger partial charge in [0.05, 0.1) is 42.2 Å². The number of carbonyl (C=O) groups excluding carboxylic acids is 1. The molecular formula is C24H34N3O2S+. The Bertz CT molecular complexity index is 817. The molecule has 3 heterocycles. The monoisotopic (exact) mass is 428 g/mol. The number of morpholine rings is 1. The first kappa shape index (κ1) is 21.3. The van der Waals surface area contributed by atoms with E-state index < -0.39 is 0 Å². The third kappa shape index (κ3) is 5.23. The number of hydrogen-bond donors (Lipinski definition) is 2. The fraction of sp³-hybridized carbons (Fsp3) is 0.542. The Morgan fingerprint density at radius 1 is 1.23 bits per heavy atom. The first-order valence-electron chi connectivity index (χ1n) is 11.4. The van der Waals surface area contributed by atoms with E-state index in [-0.39, 0.29) is 5.91 Å². The number of piperidine rings is 1. The van der Waals surface area contributed by atoms with Crippen molar-refractivity contribution in [1.29, 1.82) is 0 Å². The molecule has 2 aliphatic rings. The fourth-order valence-corrected chi connectivity index (χ4v) is 5.70. The lowest BCUT2D eigenvalue weighted by Gasteiger charge is -2.30. The summed E-state index contributed by atoms with van der Waals surface area (Å²) >= 11 is 1.61. The number of nitrogens with one attached hydrogen (secondary N) is 2. The van der Waals surface area contributed by atoms with Gasteiger partial charge in [-0.3, -0.25) is 4.79 Å². The number of quaternary nitrogens is 1. The largest absolute Gasteiger partial charge is 0.378 e. The molecule has 30 heavy (non-hydrogen) atoms. The Morgan fingerprint density at radius 3 is 2.80 bits per heavy atom. The van der Waals surface area contributed by atoms with Crippen LogP contribution in [0.3, 0.4) is 0 Å². The van der Waals surface area contributed by atoms with Gasteiger partial charge in [-0.15, -0.1) is 11.3 Å². The number of nitrogens with zero attached hydrogens (tertiary/aromatic N) is 1. The zero-order valence-corrected chi connectivity index (χ0v) is 18.8. The third-order valence-electron chi connectivity index (χ3n) is 6.36. The number of rotatable bonds is 7. The number of amides is 1. The molecule has 6 heteroatoms. The van der Waals surface area contributed by atoms with E-state index in [9.17, 15) is 4.79 Å². The molecule has 2 saturated heterocycles. The lowest BCUT2D eigenvalue weighted by molar-refractivity contribution is -0.928. The van der Waals surface area contributed by atoms with E-state index in [1.54, 1.807) is 16.2 Å². The van der Waals surface area contributed by atoms with Crippen molar-refractivity contribution in [1.82, 2.24) is 5.32 Å². The average molecular weight is 429 g/mol. The molecule has 0 saturated carbocycles. The van der Waals surface area contributed by atoms with E-state index in [1.807, 2.05) is 6.07 Å². The van der Waals surface area contributed by atoms with Crippen LogP contribution in [-0.4, -0.2) is 57.9 Å². The van der Waals surface area contributed by atoms with Crippen LogP contribution in [-0.2, 0) is 4.74 Å². The van der Waals surface area contributed by atoms with Crippen molar-refractivity contribution in [3.63, 3.8) is 0 Å². The number of thiophene rings is 1. The van der Waals surface area contributed by atoms with Gasteiger partial charge in [-0.25, -0.2) is 0 Å². The first-order valence-corrected chi connectivity index (χ1v) is 12.2. The minimum atomic E-state index is 0.0541. The van der Waals surface area contributed by atoms with Gasteiger partial charge in [0.1, 0.15) is 0 Å². The molecule has 2 aromatic rings. The number of hydrogen-bond acceptors (Lipinski definition) is 4. The molecule has 1 amide bonds. The Balaban J connectivity index is 1.40. The van der Waals surface area contributed by atoms with Crippen molar-refractivity contribution in [2.45, 2.75) is 38.6 Å². The summed E-state index contributed by atoms with van der Waals surface area (Å²) in [6.45, 7) is 8.77. The van der Waals surface area contributed by atoms with Gasteiger partial charge < -0.3 is 19.9 Å². The number of likely N-dealkylation sites (tertiary alicyclic amines) is 1. The zero-order valence-electron chi connectivity index (χ0n) is 18.0. The van der Waals surface area contributed by atoms with Gasteiger partial charge >= 0.3 is 0 Å². The summed E-state index contributed by atoms with van der Waals surface area (Å²) < 4.78 is 5.53. The molecule has 4 rings (SSSR count). The quantitative estimate of drug-likeness (QED) is 0.667. The Morgan fingerprint density at radius 2 is 2.03 bits per heavy atom. The standard InChI is InChI=1S/C24H33N3O2S/c1-19-8-5-6-12-26(19)13-7-11-25-23(28)22-18-21(20-9-3-2-4-10-20)24(30-22)27-14-16-29-17-15-27/h2-4,9-10,18-19H,5-8,11-17H2,1H3,(H,25,28)/p+1/t19-/m0/s1. The molecule has 2 N–H and O–H groups in total. The van der Waals surface area contributed by atoms with E-state index in [1.165, 1.54) is 30.8 Å². The first-order chi connectivity index (χ1) is 14.7. The molecule has 1 aromatic carbocycles. The topological polar surface area (TPSA) is 46.0 Å². The number of carbonyl (C=O) groups is 1. The highest BCUT2D eigenvalue weighted by Gasteiger charge is 2.23. The SMILES string of the molecule is C[C@H]1CCCC[NH+]1CCCNC(=O)c1cc(-c2ccccc2)c(N2CCOCC2)s1. The van der Waals surface area contributed by atoms with Crippen LogP contribution in [0.1, 0.15) is 42.3 Å².